The smallest absolute Gasteiger partial charge is 0.0124 e. The highest BCUT2D eigenvalue weighted by atomic mass is 15.2. The highest BCUT2D eigenvalue weighted by molar-refractivity contribution is 4.90. The Bertz CT molecular complexity index is 189. The average Bonchev–Trinajstić information content (AvgIpc) is 2.69. The number of hydrogen-bond acceptors (Lipinski definition) is 2. The first-order chi connectivity index (χ1) is 7.35. The summed E-state index contributed by atoms with van der Waals surface area (Å²) in [6.45, 7) is 5.73. The maximum absolute atomic E-state index is 5.80. The maximum atomic E-state index is 5.80. The second-order valence-electron chi connectivity index (χ2n) is 5.41. The topological polar surface area (TPSA) is 29.3 Å². The zero-order chi connectivity index (χ0) is 10.7. The van der Waals surface area contributed by atoms with Crippen LogP contribution < -0.4 is 5.73 Å². The van der Waals surface area contributed by atoms with Gasteiger partial charge in [0, 0.05) is 12.6 Å². The second kappa shape index (κ2) is 5.31. The predicted octanol–water partition coefficient (Wildman–Crippen LogP) is 2.24. The third-order valence-electron chi connectivity index (χ3n) is 4.53. The third kappa shape index (κ3) is 2.54. The zero-order valence-corrected chi connectivity index (χ0v) is 10.1. The summed E-state index contributed by atoms with van der Waals surface area (Å²) >= 11 is 0. The fraction of sp³-hybridized carbons (Fsp3) is 1.00. The Morgan fingerprint density at radius 2 is 2.07 bits per heavy atom. The molecule has 0 aromatic heterocycles. The third-order valence-corrected chi connectivity index (χ3v) is 4.53. The van der Waals surface area contributed by atoms with Crippen molar-refractivity contribution >= 4 is 0 Å². The molecule has 0 aromatic carbocycles. The van der Waals surface area contributed by atoms with Crippen molar-refractivity contribution in [1.82, 2.24) is 4.90 Å². The van der Waals surface area contributed by atoms with E-state index in [1.54, 1.807) is 0 Å². The van der Waals surface area contributed by atoms with E-state index in [0.29, 0.717) is 0 Å². The fourth-order valence-corrected chi connectivity index (χ4v) is 3.43. The van der Waals surface area contributed by atoms with E-state index >= 15 is 0 Å². The summed E-state index contributed by atoms with van der Waals surface area (Å²) in [6.07, 6.45) is 8.56. The van der Waals surface area contributed by atoms with E-state index in [0.717, 1.165) is 24.4 Å². The van der Waals surface area contributed by atoms with Crippen LogP contribution in [0.3, 0.4) is 0 Å². The first kappa shape index (κ1) is 11.4. The van der Waals surface area contributed by atoms with Gasteiger partial charge in [-0.05, 0) is 44.2 Å². The van der Waals surface area contributed by atoms with Crippen molar-refractivity contribution in [3.05, 3.63) is 0 Å². The molecule has 0 aromatic rings. The van der Waals surface area contributed by atoms with Gasteiger partial charge in [-0.25, -0.2) is 0 Å². The van der Waals surface area contributed by atoms with Gasteiger partial charge in [0.2, 0.25) is 0 Å². The summed E-state index contributed by atoms with van der Waals surface area (Å²) in [5, 5.41) is 0. The second-order valence-corrected chi connectivity index (χ2v) is 5.41. The highest BCUT2D eigenvalue weighted by Gasteiger charge is 2.35. The molecule has 0 radical (unpaired) electrons. The Morgan fingerprint density at radius 3 is 2.80 bits per heavy atom. The van der Waals surface area contributed by atoms with E-state index in [4.69, 9.17) is 5.73 Å². The SMILES string of the molecule is CCC(CN)CN1CCC2CCCCC21. The van der Waals surface area contributed by atoms with Gasteiger partial charge in [-0.2, -0.15) is 0 Å². The summed E-state index contributed by atoms with van der Waals surface area (Å²) in [4.78, 5) is 2.74. The van der Waals surface area contributed by atoms with Gasteiger partial charge >= 0.3 is 0 Å². The van der Waals surface area contributed by atoms with Crippen LogP contribution in [0.15, 0.2) is 0 Å². The maximum Gasteiger partial charge on any atom is 0.0124 e. The number of rotatable bonds is 4. The first-order valence-electron chi connectivity index (χ1n) is 6.79. The predicted molar refractivity (Wildman–Crippen MR) is 64.8 cm³/mol. The minimum Gasteiger partial charge on any atom is -0.330 e. The Morgan fingerprint density at radius 1 is 1.27 bits per heavy atom. The summed E-state index contributed by atoms with van der Waals surface area (Å²) in [5.74, 6) is 1.75. The number of likely N-dealkylation sites (tertiary alicyclic amines) is 1. The van der Waals surface area contributed by atoms with Crippen LogP contribution >= 0.6 is 0 Å². The molecule has 1 aliphatic heterocycles. The van der Waals surface area contributed by atoms with Crippen molar-refractivity contribution in [1.29, 1.82) is 0 Å². The molecule has 1 aliphatic carbocycles. The van der Waals surface area contributed by atoms with Crippen LogP contribution in [0, 0.1) is 11.8 Å². The van der Waals surface area contributed by atoms with Gasteiger partial charge in [-0.1, -0.05) is 26.2 Å². The standard InChI is InChI=1S/C13H26N2/c1-2-11(9-14)10-15-8-7-12-5-3-4-6-13(12)15/h11-13H,2-10,14H2,1H3. The molecule has 2 aliphatic rings. The number of nitrogens with zero attached hydrogens (tertiary/aromatic N) is 1. The molecular formula is C13H26N2. The number of nitrogens with two attached hydrogens (primary N) is 1. The lowest BCUT2D eigenvalue weighted by atomic mass is 9.85. The van der Waals surface area contributed by atoms with Crippen molar-refractivity contribution in [3.63, 3.8) is 0 Å². The molecule has 2 nitrogen and oxygen atoms in total. The van der Waals surface area contributed by atoms with Crippen LogP contribution in [0.1, 0.15) is 45.4 Å². The molecule has 1 saturated carbocycles. The van der Waals surface area contributed by atoms with E-state index in [1.807, 2.05) is 0 Å². The van der Waals surface area contributed by atoms with Crippen molar-refractivity contribution in [2.75, 3.05) is 19.6 Å². The lowest BCUT2D eigenvalue weighted by Gasteiger charge is -2.33. The van der Waals surface area contributed by atoms with Crippen LogP contribution in [0.25, 0.3) is 0 Å². The van der Waals surface area contributed by atoms with E-state index in [9.17, 15) is 0 Å². The van der Waals surface area contributed by atoms with Crippen LogP contribution in [-0.4, -0.2) is 30.6 Å². The van der Waals surface area contributed by atoms with Gasteiger partial charge in [0.25, 0.3) is 0 Å². The molecule has 2 heteroatoms. The van der Waals surface area contributed by atoms with E-state index < -0.39 is 0 Å². The summed E-state index contributed by atoms with van der Waals surface area (Å²) in [6, 6.07) is 0.916. The largest absolute Gasteiger partial charge is 0.330 e. The molecule has 0 amide bonds. The van der Waals surface area contributed by atoms with Crippen molar-refractivity contribution < 1.29 is 0 Å². The average molecular weight is 210 g/mol. The monoisotopic (exact) mass is 210 g/mol. The molecule has 3 atom stereocenters. The molecule has 2 fully saturated rings. The Kier molecular flexibility index (Phi) is 4.04. The quantitative estimate of drug-likeness (QED) is 0.771. The summed E-state index contributed by atoms with van der Waals surface area (Å²) in [5.41, 5.74) is 5.80. The lowest BCUT2D eigenvalue weighted by Crippen LogP contribution is -2.39. The molecule has 88 valence electrons. The molecule has 0 spiro atoms. The normalized spacial score (nSPS) is 34.0. The molecule has 0 bridgehead atoms. The minimum atomic E-state index is 0.727. The highest BCUT2D eigenvalue weighted by Crippen LogP contribution is 2.36. The first-order valence-corrected chi connectivity index (χ1v) is 6.79. The molecular weight excluding hydrogens is 184 g/mol. The van der Waals surface area contributed by atoms with Crippen LogP contribution in [0.4, 0.5) is 0 Å². The fourth-order valence-electron chi connectivity index (χ4n) is 3.43. The van der Waals surface area contributed by atoms with E-state index in [2.05, 4.69) is 11.8 Å². The van der Waals surface area contributed by atoms with Gasteiger partial charge in [-0.15, -0.1) is 0 Å². The number of hydrogen-bond donors (Lipinski definition) is 1. The van der Waals surface area contributed by atoms with Crippen LogP contribution in [0.2, 0.25) is 0 Å². The van der Waals surface area contributed by atoms with Crippen LogP contribution in [-0.2, 0) is 0 Å². The van der Waals surface area contributed by atoms with Gasteiger partial charge in [0.05, 0.1) is 0 Å². The molecule has 3 unspecified atom stereocenters. The van der Waals surface area contributed by atoms with Gasteiger partial charge in [0.15, 0.2) is 0 Å². The molecule has 1 heterocycles. The molecule has 2 rings (SSSR count). The van der Waals surface area contributed by atoms with Gasteiger partial charge in [0.1, 0.15) is 0 Å². The van der Waals surface area contributed by atoms with Crippen molar-refractivity contribution in [3.8, 4) is 0 Å². The zero-order valence-electron chi connectivity index (χ0n) is 10.1. The molecule has 15 heavy (non-hydrogen) atoms. The number of fused-ring (bicyclic) bond motifs is 1. The van der Waals surface area contributed by atoms with Gasteiger partial charge < -0.3 is 5.73 Å². The van der Waals surface area contributed by atoms with Crippen molar-refractivity contribution in [2.24, 2.45) is 17.6 Å². The Balaban J connectivity index is 1.87. The molecule has 1 saturated heterocycles. The summed E-state index contributed by atoms with van der Waals surface area (Å²) in [7, 11) is 0. The lowest BCUT2D eigenvalue weighted by molar-refractivity contribution is 0.159. The van der Waals surface area contributed by atoms with E-state index in [-0.39, 0.29) is 0 Å². The summed E-state index contributed by atoms with van der Waals surface area (Å²) < 4.78 is 0. The molecule has 2 N–H and O–H groups in total. The Labute approximate surface area is 94.2 Å². The van der Waals surface area contributed by atoms with Crippen LogP contribution in [0.5, 0.6) is 0 Å². The van der Waals surface area contributed by atoms with E-state index in [1.165, 1.54) is 51.6 Å². The minimum absolute atomic E-state index is 0.727. The van der Waals surface area contributed by atoms with Gasteiger partial charge in [-0.3, -0.25) is 4.90 Å². The Hall–Kier alpha value is -0.0800. The van der Waals surface area contributed by atoms with Crippen molar-refractivity contribution in [2.45, 2.75) is 51.5 Å².